The Kier molecular flexibility index (Phi) is 4.63. The van der Waals surface area contributed by atoms with Crippen LogP contribution in [-0.2, 0) is 0 Å². The van der Waals surface area contributed by atoms with Gasteiger partial charge in [0, 0.05) is 16.6 Å². The lowest BCUT2D eigenvalue weighted by Gasteiger charge is -2.05. The van der Waals surface area contributed by atoms with E-state index in [1.165, 1.54) is 18.6 Å². The Morgan fingerprint density at radius 2 is 1.89 bits per heavy atom. The monoisotopic (exact) mass is 377 g/mol. The van der Waals surface area contributed by atoms with Crippen LogP contribution in [0, 0.1) is 0 Å². The Morgan fingerprint density at radius 1 is 1.11 bits per heavy atom. The maximum absolute atomic E-state index is 12.7. The molecule has 0 aliphatic carbocycles. The highest BCUT2D eigenvalue weighted by molar-refractivity contribution is 7.03. The van der Waals surface area contributed by atoms with E-state index in [-0.39, 0.29) is 11.6 Å². The molecule has 0 saturated carbocycles. The van der Waals surface area contributed by atoms with Crippen LogP contribution in [0.2, 0.25) is 0 Å². The Hall–Kier alpha value is -3.52. The van der Waals surface area contributed by atoms with Crippen LogP contribution in [0.25, 0.3) is 16.9 Å². The number of hydrogen-bond acceptors (Lipinski definition) is 6. The summed E-state index contributed by atoms with van der Waals surface area (Å²) in [4.78, 5) is 12.7. The average Bonchev–Trinajstić information content (AvgIpc) is 3.39. The Balaban J connectivity index is 1.55. The first-order valence-electron chi connectivity index (χ1n) is 8.12. The third-order valence-corrected chi connectivity index (χ3v) is 4.44. The first-order chi connectivity index (χ1) is 13.2. The average molecular weight is 377 g/mol. The normalized spacial score (nSPS) is 10.6. The molecule has 0 aliphatic heterocycles. The van der Waals surface area contributed by atoms with Gasteiger partial charge in [0.15, 0.2) is 11.4 Å². The van der Waals surface area contributed by atoms with Crippen LogP contribution in [0.5, 0.6) is 5.75 Å². The molecular weight excluding hydrogens is 362 g/mol. The zero-order valence-corrected chi connectivity index (χ0v) is 15.2. The molecule has 2 aromatic heterocycles. The number of hydrogen-bond donors (Lipinski definition) is 1. The van der Waals surface area contributed by atoms with E-state index in [0.29, 0.717) is 11.4 Å². The predicted octanol–water partition coefficient (Wildman–Crippen LogP) is 3.65. The fourth-order valence-electron chi connectivity index (χ4n) is 2.58. The van der Waals surface area contributed by atoms with Crippen molar-refractivity contribution in [2.75, 3.05) is 12.4 Å². The van der Waals surface area contributed by atoms with Crippen molar-refractivity contribution in [3.63, 3.8) is 0 Å². The summed E-state index contributed by atoms with van der Waals surface area (Å²) in [5.74, 6) is 0.0612. The van der Waals surface area contributed by atoms with Gasteiger partial charge >= 0.3 is 0 Å². The molecule has 0 spiro atoms. The Morgan fingerprint density at radius 3 is 2.56 bits per heavy atom. The van der Waals surface area contributed by atoms with E-state index >= 15 is 0 Å². The van der Waals surface area contributed by atoms with Crippen LogP contribution in [0.3, 0.4) is 0 Å². The summed E-state index contributed by atoms with van der Waals surface area (Å²) < 4.78 is 10.8. The van der Waals surface area contributed by atoms with Crippen LogP contribution in [0.1, 0.15) is 10.5 Å². The first-order valence-corrected chi connectivity index (χ1v) is 8.96. The molecule has 4 rings (SSSR count). The van der Waals surface area contributed by atoms with Gasteiger partial charge in [-0.25, -0.2) is 4.68 Å². The summed E-state index contributed by atoms with van der Waals surface area (Å²) in [5, 5.41) is 13.1. The van der Waals surface area contributed by atoms with Crippen molar-refractivity contribution in [2.45, 2.75) is 0 Å². The third-order valence-electron chi connectivity index (χ3n) is 3.93. The highest BCUT2D eigenvalue weighted by atomic mass is 32.1. The first kappa shape index (κ1) is 16.9. The minimum atomic E-state index is -0.343. The van der Waals surface area contributed by atoms with Gasteiger partial charge in [0.1, 0.15) is 5.69 Å². The molecule has 0 aliphatic rings. The largest absolute Gasteiger partial charge is 0.493 e. The molecule has 7 nitrogen and oxygen atoms in total. The molecule has 8 heteroatoms. The number of amides is 1. The van der Waals surface area contributed by atoms with Gasteiger partial charge in [-0.15, -0.1) is 5.10 Å². The smallest absolute Gasteiger partial charge is 0.280 e. The van der Waals surface area contributed by atoms with E-state index < -0.39 is 0 Å². The predicted molar refractivity (Wildman–Crippen MR) is 103 cm³/mol. The molecule has 0 bridgehead atoms. The molecule has 1 amide bonds. The number of rotatable bonds is 5. The number of aromatic nitrogens is 4. The summed E-state index contributed by atoms with van der Waals surface area (Å²) in [6, 6.07) is 16.9. The molecule has 4 aromatic rings. The van der Waals surface area contributed by atoms with Crippen molar-refractivity contribution < 1.29 is 9.53 Å². The lowest BCUT2D eigenvalue weighted by atomic mass is 10.1. The number of para-hydroxylation sites is 1. The maximum Gasteiger partial charge on any atom is 0.280 e. The van der Waals surface area contributed by atoms with Gasteiger partial charge in [-0.3, -0.25) is 4.79 Å². The number of nitrogens with zero attached hydrogens (tertiary/aromatic N) is 4. The minimum absolute atomic E-state index is 0.217. The van der Waals surface area contributed by atoms with Crippen molar-refractivity contribution >= 4 is 23.1 Å². The Labute approximate surface area is 159 Å². The van der Waals surface area contributed by atoms with Crippen molar-refractivity contribution in [1.82, 2.24) is 19.4 Å². The van der Waals surface area contributed by atoms with E-state index in [2.05, 4.69) is 20.0 Å². The van der Waals surface area contributed by atoms with E-state index in [4.69, 9.17) is 4.74 Å². The van der Waals surface area contributed by atoms with Crippen molar-refractivity contribution in [2.24, 2.45) is 0 Å². The quantitative estimate of drug-likeness (QED) is 0.574. The second-order valence-electron chi connectivity index (χ2n) is 5.65. The number of anilines is 1. The van der Waals surface area contributed by atoms with E-state index in [0.717, 1.165) is 16.9 Å². The van der Waals surface area contributed by atoms with E-state index in [9.17, 15) is 4.79 Å². The van der Waals surface area contributed by atoms with E-state index in [1.807, 2.05) is 60.0 Å². The summed E-state index contributed by atoms with van der Waals surface area (Å²) in [6.45, 7) is 0. The lowest BCUT2D eigenvalue weighted by Crippen LogP contribution is -2.14. The van der Waals surface area contributed by atoms with Gasteiger partial charge in [-0.2, -0.15) is 5.10 Å². The molecule has 2 aromatic carbocycles. The molecule has 1 N–H and O–H groups in total. The topological polar surface area (TPSA) is 81.9 Å². The molecule has 0 saturated heterocycles. The second-order valence-corrected chi connectivity index (χ2v) is 6.26. The summed E-state index contributed by atoms with van der Waals surface area (Å²) in [5.41, 5.74) is 3.46. The van der Waals surface area contributed by atoms with Crippen LogP contribution in [0.4, 0.5) is 5.69 Å². The lowest BCUT2D eigenvalue weighted by molar-refractivity contribution is 0.101. The standard InChI is InChI=1S/C19H15N5O2S/c1-26-17-11-24(15-5-3-2-4-6-15)22-18(17)19(25)20-14-9-7-13(8-10-14)16-12-27-23-21-16/h2-12H,1H3,(H,20,25). The summed E-state index contributed by atoms with van der Waals surface area (Å²) in [6.07, 6.45) is 1.68. The van der Waals surface area contributed by atoms with Crippen LogP contribution in [0.15, 0.2) is 66.2 Å². The van der Waals surface area contributed by atoms with Gasteiger partial charge in [-0.1, -0.05) is 34.8 Å². The van der Waals surface area contributed by atoms with E-state index in [1.54, 1.807) is 10.9 Å². The van der Waals surface area contributed by atoms with Crippen molar-refractivity contribution in [3.8, 4) is 22.7 Å². The van der Waals surface area contributed by atoms with Gasteiger partial charge in [0.2, 0.25) is 0 Å². The highest BCUT2D eigenvalue weighted by Crippen LogP contribution is 2.23. The number of nitrogens with one attached hydrogen (secondary N) is 1. The second kappa shape index (κ2) is 7.38. The maximum atomic E-state index is 12.7. The summed E-state index contributed by atoms with van der Waals surface area (Å²) in [7, 11) is 1.51. The van der Waals surface area contributed by atoms with Crippen molar-refractivity contribution in [1.29, 1.82) is 0 Å². The van der Waals surface area contributed by atoms with Crippen LogP contribution >= 0.6 is 11.5 Å². The molecule has 0 radical (unpaired) electrons. The zero-order valence-electron chi connectivity index (χ0n) is 14.4. The fraction of sp³-hybridized carbons (Fsp3) is 0.0526. The number of benzene rings is 2. The fourth-order valence-corrected chi connectivity index (χ4v) is 3.05. The van der Waals surface area contributed by atoms with Gasteiger partial charge in [0.25, 0.3) is 5.91 Å². The number of ether oxygens (including phenoxy) is 1. The van der Waals surface area contributed by atoms with Gasteiger partial charge in [0.05, 0.1) is 19.0 Å². The number of carbonyl (C=O) groups excluding carboxylic acids is 1. The molecular formula is C19H15N5O2S. The van der Waals surface area contributed by atoms with Gasteiger partial charge in [-0.05, 0) is 35.8 Å². The number of carbonyl (C=O) groups is 1. The van der Waals surface area contributed by atoms with Gasteiger partial charge < -0.3 is 10.1 Å². The van der Waals surface area contributed by atoms with Crippen LogP contribution in [-0.4, -0.2) is 32.4 Å². The molecule has 0 unspecified atom stereocenters. The highest BCUT2D eigenvalue weighted by Gasteiger charge is 2.18. The zero-order chi connectivity index (χ0) is 18.6. The molecule has 0 atom stereocenters. The molecule has 27 heavy (non-hydrogen) atoms. The Bertz CT molecular complexity index is 1040. The molecule has 0 fully saturated rings. The minimum Gasteiger partial charge on any atom is -0.493 e. The number of methoxy groups -OCH3 is 1. The third kappa shape index (κ3) is 3.56. The SMILES string of the molecule is COc1cn(-c2ccccc2)nc1C(=O)Nc1ccc(-c2csnn2)cc1. The molecule has 134 valence electrons. The molecule has 2 heterocycles. The van der Waals surface area contributed by atoms with Crippen LogP contribution < -0.4 is 10.1 Å². The summed E-state index contributed by atoms with van der Waals surface area (Å²) >= 11 is 1.30. The van der Waals surface area contributed by atoms with Crippen molar-refractivity contribution in [3.05, 3.63) is 71.9 Å².